The van der Waals surface area contributed by atoms with E-state index in [4.69, 9.17) is 5.73 Å². The van der Waals surface area contributed by atoms with Crippen molar-refractivity contribution in [2.45, 2.75) is 46.6 Å². The van der Waals surface area contributed by atoms with E-state index in [1.165, 1.54) is 30.5 Å². The smallest absolute Gasteiger partial charge is 0.0448 e. The van der Waals surface area contributed by atoms with E-state index in [-0.39, 0.29) is 0 Å². The van der Waals surface area contributed by atoms with E-state index in [2.05, 4.69) is 36.7 Å². The van der Waals surface area contributed by atoms with Crippen molar-refractivity contribution in [1.29, 1.82) is 0 Å². The SMILES string of the molecule is CCC1CCN(c2cc(C)nc(C)c2CN)CC1. The van der Waals surface area contributed by atoms with Crippen molar-refractivity contribution in [3.05, 3.63) is 23.0 Å². The van der Waals surface area contributed by atoms with Crippen LogP contribution in [-0.2, 0) is 6.54 Å². The molecule has 2 rings (SSSR count). The summed E-state index contributed by atoms with van der Waals surface area (Å²) >= 11 is 0. The molecule has 2 N–H and O–H groups in total. The zero-order valence-corrected chi connectivity index (χ0v) is 11.9. The molecule has 1 aromatic heterocycles. The van der Waals surface area contributed by atoms with Gasteiger partial charge in [-0.05, 0) is 38.7 Å². The van der Waals surface area contributed by atoms with Crippen molar-refractivity contribution in [3.8, 4) is 0 Å². The summed E-state index contributed by atoms with van der Waals surface area (Å²) in [5, 5.41) is 0. The number of nitrogens with two attached hydrogens (primary N) is 1. The minimum atomic E-state index is 0.585. The minimum absolute atomic E-state index is 0.585. The van der Waals surface area contributed by atoms with E-state index in [9.17, 15) is 0 Å². The summed E-state index contributed by atoms with van der Waals surface area (Å²) in [6.07, 6.45) is 3.92. The molecule has 1 fully saturated rings. The molecule has 1 aliphatic rings. The van der Waals surface area contributed by atoms with Gasteiger partial charge in [0.25, 0.3) is 0 Å². The maximum atomic E-state index is 5.90. The molecule has 0 spiro atoms. The van der Waals surface area contributed by atoms with Gasteiger partial charge in [-0.25, -0.2) is 0 Å². The van der Waals surface area contributed by atoms with Crippen LogP contribution in [0, 0.1) is 19.8 Å². The minimum Gasteiger partial charge on any atom is -0.371 e. The maximum absolute atomic E-state index is 5.90. The van der Waals surface area contributed by atoms with Gasteiger partial charge in [-0.15, -0.1) is 0 Å². The summed E-state index contributed by atoms with van der Waals surface area (Å²) in [6, 6.07) is 2.20. The Hall–Kier alpha value is -1.09. The summed E-state index contributed by atoms with van der Waals surface area (Å²) in [6.45, 7) is 9.34. The fourth-order valence-corrected chi connectivity index (χ4v) is 2.95. The summed E-state index contributed by atoms with van der Waals surface area (Å²) in [5.74, 6) is 0.909. The zero-order valence-electron chi connectivity index (χ0n) is 11.9. The molecule has 0 atom stereocenters. The van der Waals surface area contributed by atoms with Crippen LogP contribution in [0.1, 0.15) is 43.1 Å². The second-order valence-corrected chi connectivity index (χ2v) is 5.39. The third-order valence-electron chi connectivity index (χ3n) is 4.17. The first kappa shape index (κ1) is 13.3. The largest absolute Gasteiger partial charge is 0.371 e. The van der Waals surface area contributed by atoms with E-state index < -0.39 is 0 Å². The molecule has 0 unspecified atom stereocenters. The highest BCUT2D eigenvalue weighted by Crippen LogP contribution is 2.29. The van der Waals surface area contributed by atoms with E-state index in [1.54, 1.807) is 0 Å². The number of nitrogens with zero attached hydrogens (tertiary/aromatic N) is 2. The molecular weight excluding hydrogens is 222 g/mol. The molecule has 1 aromatic rings. The number of piperidine rings is 1. The highest BCUT2D eigenvalue weighted by Gasteiger charge is 2.20. The average molecular weight is 247 g/mol. The first-order chi connectivity index (χ1) is 8.65. The number of pyridine rings is 1. The maximum Gasteiger partial charge on any atom is 0.0448 e. The van der Waals surface area contributed by atoms with Gasteiger partial charge >= 0.3 is 0 Å². The van der Waals surface area contributed by atoms with E-state index in [1.807, 2.05) is 0 Å². The Kier molecular flexibility index (Phi) is 4.23. The third-order valence-corrected chi connectivity index (χ3v) is 4.17. The van der Waals surface area contributed by atoms with Gasteiger partial charge in [0.1, 0.15) is 0 Å². The molecule has 0 radical (unpaired) electrons. The highest BCUT2D eigenvalue weighted by molar-refractivity contribution is 5.56. The molecule has 0 aliphatic carbocycles. The predicted octanol–water partition coefficient (Wildman–Crippen LogP) is 2.78. The van der Waals surface area contributed by atoms with Gasteiger partial charge in [0.05, 0.1) is 0 Å². The molecule has 3 nitrogen and oxygen atoms in total. The van der Waals surface area contributed by atoms with Crippen LogP contribution in [0.4, 0.5) is 5.69 Å². The van der Waals surface area contributed by atoms with Gasteiger partial charge in [0.15, 0.2) is 0 Å². The first-order valence-corrected chi connectivity index (χ1v) is 7.07. The molecule has 0 aromatic carbocycles. The van der Waals surface area contributed by atoms with Crippen LogP contribution in [0.2, 0.25) is 0 Å². The Morgan fingerprint density at radius 3 is 2.56 bits per heavy atom. The molecule has 2 heterocycles. The molecule has 1 saturated heterocycles. The summed E-state index contributed by atoms with van der Waals surface area (Å²) in [5.41, 5.74) is 10.6. The van der Waals surface area contributed by atoms with Crippen LogP contribution in [0.25, 0.3) is 0 Å². The van der Waals surface area contributed by atoms with Crippen molar-refractivity contribution >= 4 is 5.69 Å². The number of aromatic nitrogens is 1. The molecule has 3 heteroatoms. The fourth-order valence-electron chi connectivity index (χ4n) is 2.95. The van der Waals surface area contributed by atoms with Crippen LogP contribution in [0.15, 0.2) is 6.07 Å². The molecular formula is C15H25N3. The lowest BCUT2D eigenvalue weighted by atomic mass is 9.93. The van der Waals surface area contributed by atoms with Crippen molar-refractivity contribution in [2.75, 3.05) is 18.0 Å². The molecule has 0 amide bonds. The average Bonchev–Trinajstić information content (AvgIpc) is 2.38. The lowest BCUT2D eigenvalue weighted by molar-refractivity contribution is 0.394. The quantitative estimate of drug-likeness (QED) is 0.893. The molecule has 1 aliphatic heterocycles. The monoisotopic (exact) mass is 247 g/mol. The van der Waals surface area contributed by atoms with Gasteiger partial charge in [-0.2, -0.15) is 0 Å². The highest BCUT2D eigenvalue weighted by atomic mass is 15.1. The van der Waals surface area contributed by atoms with Crippen molar-refractivity contribution in [2.24, 2.45) is 11.7 Å². The summed E-state index contributed by atoms with van der Waals surface area (Å²) in [4.78, 5) is 7.02. The third kappa shape index (κ3) is 2.66. The van der Waals surface area contributed by atoms with Crippen molar-refractivity contribution in [3.63, 3.8) is 0 Å². The Labute approximate surface area is 110 Å². The Morgan fingerprint density at radius 1 is 1.33 bits per heavy atom. The lowest BCUT2D eigenvalue weighted by Gasteiger charge is -2.34. The van der Waals surface area contributed by atoms with Gasteiger partial charge in [0.2, 0.25) is 0 Å². The number of hydrogen-bond donors (Lipinski definition) is 1. The van der Waals surface area contributed by atoms with E-state index in [0.29, 0.717) is 6.54 Å². The van der Waals surface area contributed by atoms with Crippen LogP contribution in [0.5, 0.6) is 0 Å². The van der Waals surface area contributed by atoms with Crippen LogP contribution >= 0.6 is 0 Å². The van der Waals surface area contributed by atoms with Gasteiger partial charge in [-0.1, -0.05) is 13.3 Å². The number of hydrogen-bond acceptors (Lipinski definition) is 3. The Morgan fingerprint density at radius 2 is 2.00 bits per heavy atom. The topological polar surface area (TPSA) is 42.2 Å². The van der Waals surface area contributed by atoms with Gasteiger partial charge < -0.3 is 10.6 Å². The van der Waals surface area contributed by atoms with Crippen LogP contribution in [0.3, 0.4) is 0 Å². The molecule has 0 bridgehead atoms. The molecule has 100 valence electrons. The van der Waals surface area contributed by atoms with E-state index in [0.717, 1.165) is 30.4 Å². The Balaban J connectivity index is 2.23. The van der Waals surface area contributed by atoms with E-state index >= 15 is 0 Å². The number of rotatable bonds is 3. The second kappa shape index (κ2) is 5.70. The van der Waals surface area contributed by atoms with Gasteiger partial charge in [-0.3, -0.25) is 4.98 Å². The zero-order chi connectivity index (χ0) is 13.1. The van der Waals surface area contributed by atoms with Crippen molar-refractivity contribution < 1.29 is 0 Å². The lowest BCUT2D eigenvalue weighted by Crippen LogP contribution is -2.34. The van der Waals surface area contributed by atoms with Crippen LogP contribution < -0.4 is 10.6 Å². The number of aryl methyl sites for hydroxylation is 2. The Bertz CT molecular complexity index is 406. The van der Waals surface area contributed by atoms with Gasteiger partial charge in [0, 0.05) is 42.3 Å². The van der Waals surface area contributed by atoms with Crippen molar-refractivity contribution in [1.82, 2.24) is 4.98 Å². The number of anilines is 1. The standard InChI is InChI=1S/C15H25N3/c1-4-13-5-7-18(8-6-13)15-9-11(2)17-12(3)14(15)10-16/h9,13H,4-8,10,16H2,1-3H3. The summed E-state index contributed by atoms with van der Waals surface area (Å²) in [7, 11) is 0. The fraction of sp³-hybridized carbons (Fsp3) is 0.667. The first-order valence-electron chi connectivity index (χ1n) is 7.07. The summed E-state index contributed by atoms with van der Waals surface area (Å²) < 4.78 is 0. The normalized spacial score (nSPS) is 17.2. The molecule has 18 heavy (non-hydrogen) atoms. The van der Waals surface area contributed by atoms with Crippen LogP contribution in [-0.4, -0.2) is 18.1 Å². The second-order valence-electron chi connectivity index (χ2n) is 5.39. The molecule has 0 saturated carbocycles. The predicted molar refractivity (Wildman–Crippen MR) is 76.8 cm³/mol.